The third-order valence-corrected chi connectivity index (χ3v) is 6.03. The van der Waals surface area contributed by atoms with Crippen molar-refractivity contribution in [2.45, 2.75) is 56.5 Å². The van der Waals surface area contributed by atoms with Crippen LogP contribution in [0.2, 0.25) is 10.0 Å². The van der Waals surface area contributed by atoms with Gasteiger partial charge < -0.3 is 4.57 Å². The maximum Gasteiger partial charge on any atom is 0.192 e. The highest BCUT2D eigenvalue weighted by Gasteiger charge is 2.27. The molecule has 1 aliphatic rings. The minimum absolute atomic E-state index is 0.0163. The number of aromatic nitrogens is 3. The fourth-order valence-corrected chi connectivity index (χ4v) is 4.64. The van der Waals surface area contributed by atoms with Gasteiger partial charge in [0.1, 0.15) is 5.78 Å². The van der Waals surface area contributed by atoms with Gasteiger partial charge in [0.15, 0.2) is 11.0 Å². The molecule has 1 saturated carbocycles. The summed E-state index contributed by atoms with van der Waals surface area (Å²) >= 11 is 13.9. The minimum Gasteiger partial charge on any atom is -0.302 e. The van der Waals surface area contributed by atoms with Crippen molar-refractivity contribution in [1.29, 1.82) is 0 Å². The summed E-state index contributed by atoms with van der Waals surface area (Å²) in [5, 5.41) is 10.7. The van der Waals surface area contributed by atoms with Gasteiger partial charge >= 0.3 is 0 Å². The normalized spacial score (nSPS) is 18.1. The predicted octanol–water partition coefficient (Wildman–Crippen LogP) is 5.51. The lowest BCUT2D eigenvalue weighted by molar-refractivity contribution is -0.119. The molecule has 1 unspecified atom stereocenters. The number of halogens is 2. The van der Waals surface area contributed by atoms with Gasteiger partial charge in [-0.1, -0.05) is 55.2 Å². The van der Waals surface area contributed by atoms with E-state index in [1.165, 1.54) is 11.8 Å². The fourth-order valence-electron chi connectivity index (χ4n) is 2.98. The molecule has 0 aliphatic heterocycles. The Labute approximate surface area is 162 Å². The van der Waals surface area contributed by atoms with Crippen molar-refractivity contribution in [2.75, 3.05) is 0 Å². The van der Waals surface area contributed by atoms with Crippen molar-refractivity contribution < 1.29 is 4.79 Å². The van der Waals surface area contributed by atoms with Crippen LogP contribution in [-0.4, -0.2) is 25.8 Å². The maximum absolute atomic E-state index is 12.2. The van der Waals surface area contributed by atoms with E-state index in [1.54, 1.807) is 12.1 Å². The summed E-state index contributed by atoms with van der Waals surface area (Å²) in [5.74, 6) is 1.46. The molecule has 0 N–H and O–H groups in total. The number of ketones is 1. The molecule has 1 aromatic carbocycles. The van der Waals surface area contributed by atoms with Gasteiger partial charge in [0.2, 0.25) is 0 Å². The molecule has 1 aliphatic carbocycles. The second-order valence-electron chi connectivity index (χ2n) is 6.75. The first kappa shape index (κ1) is 18.7. The zero-order chi connectivity index (χ0) is 18.0. The van der Waals surface area contributed by atoms with Gasteiger partial charge in [0.05, 0.1) is 10.3 Å². The lowest BCUT2D eigenvalue weighted by Gasteiger charge is -2.20. The summed E-state index contributed by atoms with van der Waals surface area (Å²) in [6.45, 7) is 5.06. The SMILES string of the molecule is CC(C)Cn1c(SC2CCCCC2=O)nnc1-c1ccc(Cl)cc1Cl. The van der Waals surface area contributed by atoms with E-state index in [4.69, 9.17) is 23.2 Å². The Hall–Kier alpha value is -1.04. The van der Waals surface area contributed by atoms with E-state index in [2.05, 4.69) is 28.6 Å². The van der Waals surface area contributed by atoms with Crippen LogP contribution >= 0.6 is 35.0 Å². The molecular weight excluding hydrogens is 377 g/mol. The molecule has 0 bridgehead atoms. The largest absolute Gasteiger partial charge is 0.302 e. The number of carbonyl (C=O) groups is 1. The molecule has 0 saturated heterocycles. The van der Waals surface area contributed by atoms with Crippen molar-refractivity contribution in [2.24, 2.45) is 5.92 Å². The number of thioether (sulfide) groups is 1. The predicted molar refractivity (Wildman–Crippen MR) is 103 cm³/mol. The van der Waals surface area contributed by atoms with Crippen molar-refractivity contribution in [3.8, 4) is 11.4 Å². The summed E-state index contributed by atoms with van der Waals surface area (Å²) in [7, 11) is 0. The zero-order valence-corrected chi connectivity index (χ0v) is 16.7. The van der Waals surface area contributed by atoms with Crippen LogP contribution in [0.15, 0.2) is 23.4 Å². The topological polar surface area (TPSA) is 47.8 Å². The quantitative estimate of drug-likeness (QED) is 0.666. The van der Waals surface area contributed by atoms with Gasteiger partial charge in [-0.05, 0) is 37.0 Å². The Balaban J connectivity index is 1.96. The van der Waals surface area contributed by atoms with E-state index in [9.17, 15) is 4.79 Å². The number of carbonyl (C=O) groups excluding carboxylic acids is 1. The molecule has 7 heteroatoms. The Bertz CT molecular complexity index is 776. The van der Waals surface area contributed by atoms with E-state index < -0.39 is 0 Å². The van der Waals surface area contributed by atoms with Crippen molar-refractivity contribution in [3.05, 3.63) is 28.2 Å². The van der Waals surface area contributed by atoms with Crippen LogP contribution in [0, 0.1) is 5.92 Å². The molecule has 1 aromatic heterocycles. The molecule has 1 fully saturated rings. The minimum atomic E-state index is -0.0163. The van der Waals surface area contributed by atoms with Gasteiger partial charge in [-0.15, -0.1) is 10.2 Å². The summed E-state index contributed by atoms with van der Waals surface area (Å²) in [6, 6.07) is 5.38. The number of hydrogen-bond donors (Lipinski definition) is 0. The van der Waals surface area contributed by atoms with E-state index in [-0.39, 0.29) is 5.25 Å². The Morgan fingerprint density at radius 1 is 1.28 bits per heavy atom. The number of hydrogen-bond acceptors (Lipinski definition) is 4. The lowest BCUT2D eigenvalue weighted by Crippen LogP contribution is -2.22. The second kappa shape index (κ2) is 8.11. The van der Waals surface area contributed by atoms with Crippen LogP contribution in [0.25, 0.3) is 11.4 Å². The molecule has 0 radical (unpaired) electrons. The highest BCUT2D eigenvalue weighted by atomic mass is 35.5. The van der Waals surface area contributed by atoms with Gasteiger partial charge in [-0.3, -0.25) is 4.79 Å². The monoisotopic (exact) mass is 397 g/mol. The molecule has 25 heavy (non-hydrogen) atoms. The first-order chi connectivity index (χ1) is 12.0. The fraction of sp³-hybridized carbons (Fsp3) is 0.500. The van der Waals surface area contributed by atoms with Crippen molar-refractivity contribution >= 4 is 40.7 Å². The third-order valence-electron chi connectivity index (χ3n) is 4.18. The molecule has 1 heterocycles. The van der Waals surface area contributed by atoms with E-state index in [1.807, 2.05) is 6.07 Å². The smallest absolute Gasteiger partial charge is 0.192 e. The molecule has 1 atom stereocenters. The van der Waals surface area contributed by atoms with E-state index in [0.29, 0.717) is 28.2 Å². The lowest BCUT2D eigenvalue weighted by atomic mass is 9.99. The van der Waals surface area contributed by atoms with Gasteiger partial charge in [-0.25, -0.2) is 0 Å². The summed E-state index contributed by atoms with van der Waals surface area (Å²) < 4.78 is 2.08. The standard InChI is InChI=1S/C18H21Cl2N3OS/c1-11(2)10-23-17(13-8-7-12(19)9-14(13)20)21-22-18(23)25-16-6-4-3-5-15(16)24/h7-9,11,16H,3-6,10H2,1-2H3. The molecule has 4 nitrogen and oxygen atoms in total. The highest BCUT2D eigenvalue weighted by molar-refractivity contribution is 8.00. The van der Waals surface area contributed by atoms with E-state index >= 15 is 0 Å². The number of nitrogens with zero attached hydrogens (tertiary/aromatic N) is 3. The second-order valence-corrected chi connectivity index (χ2v) is 8.77. The summed E-state index contributed by atoms with van der Waals surface area (Å²) in [6.07, 6.45) is 3.68. The van der Waals surface area contributed by atoms with E-state index in [0.717, 1.165) is 42.4 Å². The molecular formula is C18H21Cl2N3OS. The van der Waals surface area contributed by atoms with Gasteiger partial charge in [0.25, 0.3) is 0 Å². The van der Waals surface area contributed by atoms with Crippen LogP contribution in [0.5, 0.6) is 0 Å². The number of Topliss-reactive ketones (excluding diaryl/α,β-unsaturated/α-hetero) is 1. The molecule has 0 spiro atoms. The Kier molecular flexibility index (Phi) is 6.08. The molecule has 3 rings (SSSR count). The zero-order valence-electron chi connectivity index (χ0n) is 14.3. The maximum atomic E-state index is 12.2. The number of rotatable bonds is 5. The first-order valence-corrected chi connectivity index (χ1v) is 10.2. The summed E-state index contributed by atoms with van der Waals surface area (Å²) in [5.41, 5.74) is 0.807. The Morgan fingerprint density at radius 3 is 2.76 bits per heavy atom. The molecule has 2 aromatic rings. The van der Waals surface area contributed by atoms with Gasteiger partial charge in [0, 0.05) is 23.6 Å². The summed E-state index contributed by atoms with van der Waals surface area (Å²) in [4.78, 5) is 12.2. The van der Waals surface area contributed by atoms with Crippen LogP contribution in [0.4, 0.5) is 0 Å². The van der Waals surface area contributed by atoms with Crippen LogP contribution in [0.3, 0.4) is 0 Å². The van der Waals surface area contributed by atoms with Crippen molar-refractivity contribution in [1.82, 2.24) is 14.8 Å². The van der Waals surface area contributed by atoms with Gasteiger partial charge in [-0.2, -0.15) is 0 Å². The van der Waals surface area contributed by atoms with Crippen molar-refractivity contribution in [3.63, 3.8) is 0 Å². The average molecular weight is 398 g/mol. The Morgan fingerprint density at radius 2 is 2.08 bits per heavy atom. The average Bonchev–Trinajstić information content (AvgIpc) is 2.92. The van der Waals surface area contributed by atoms with Crippen LogP contribution in [0.1, 0.15) is 39.5 Å². The first-order valence-electron chi connectivity index (χ1n) is 8.53. The van der Waals surface area contributed by atoms with Crippen LogP contribution < -0.4 is 0 Å². The molecule has 134 valence electrons. The highest BCUT2D eigenvalue weighted by Crippen LogP contribution is 2.35. The van der Waals surface area contributed by atoms with Crippen LogP contribution in [-0.2, 0) is 11.3 Å². The third kappa shape index (κ3) is 4.39. The number of benzene rings is 1. The molecule has 0 amide bonds.